The summed E-state index contributed by atoms with van der Waals surface area (Å²) in [5.74, 6) is 0. The molecule has 0 atom stereocenters. The number of fused-ring (bicyclic) bond motifs is 7. The maximum Gasteiger partial charge on any atom is 0.0465 e. The van der Waals surface area contributed by atoms with Crippen LogP contribution in [0.5, 0.6) is 0 Å². The van der Waals surface area contributed by atoms with Crippen molar-refractivity contribution in [2.75, 3.05) is 4.90 Å². The number of anilines is 3. The Kier molecular flexibility index (Phi) is 4.43. The highest BCUT2D eigenvalue weighted by Crippen LogP contribution is 2.54. The third-order valence-corrected chi connectivity index (χ3v) is 8.59. The molecule has 1 heterocycles. The standard InChI is InChI=1S/C33H25NS/c1-33(2)27-19-20-30-32(26-15-9-10-16-29(26)35-30)31(27)25-18-17-24(21-28(25)33)34(22-11-5-3-6-12-22)23-13-7-4-8-14-23/h3-21H,1-2H3. The molecule has 0 N–H and O–H groups in total. The van der Waals surface area contributed by atoms with Gasteiger partial charge >= 0.3 is 0 Å². The molecule has 1 aromatic heterocycles. The average molecular weight is 468 g/mol. The zero-order valence-electron chi connectivity index (χ0n) is 19.8. The van der Waals surface area contributed by atoms with Gasteiger partial charge in [0.2, 0.25) is 0 Å². The minimum Gasteiger partial charge on any atom is -0.310 e. The van der Waals surface area contributed by atoms with Crippen LogP contribution in [0, 0.1) is 0 Å². The molecule has 0 aliphatic heterocycles. The molecular weight excluding hydrogens is 442 g/mol. The summed E-state index contributed by atoms with van der Waals surface area (Å²) in [6, 6.07) is 41.9. The highest BCUT2D eigenvalue weighted by atomic mass is 32.1. The molecule has 0 fully saturated rings. The molecule has 0 spiro atoms. The Morgan fingerprint density at radius 3 is 1.94 bits per heavy atom. The number of para-hydroxylation sites is 2. The zero-order chi connectivity index (χ0) is 23.6. The van der Waals surface area contributed by atoms with Gasteiger partial charge in [-0.1, -0.05) is 80.6 Å². The number of hydrogen-bond donors (Lipinski definition) is 0. The molecule has 0 saturated heterocycles. The lowest BCUT2D eigenvalue weighted by Crippen LogP contribution is -2.16. The van der Waals surface area contributed by atoms with Crippen molar-refractivity contribution in [1.82, 2.24) is 0 Å². The van der Waals surface area contributed by atoms with E-state index in [0.717, 1.165) is 11.4 Å². The smallest absolute Gasteiger partial charge is 0.0465 e. The predicted octanol–water partition coefficient (Wildman–Crippen LogP) is 9.83. The van der Waals surface area contributed by atoms with Crippen molar-refractivity contribution >= 4 is 48.6 Å². The monoisotopic (exact) mass is 467 g/mol. The van der Waals surface area contributed by atoms with Crippen molar-refractivity contribution in [1.29, 1.82) is 0 Å². The summed E-state index contributed by atoms with van der Waals surface area (Å²) in [6.07, 6.45) is 0. The van der Waals surface area contributed by atoms with Crippen molar-refractivity contribution in [3.63, 3.8) is 0 Å². The molecule has 168 valence electrons. The second kappa shape index (κ2) is 7.56. The first-order valence-corrected chi connectivity index (χ1v) is 12.9. The molecule has 0 radical (unpaired) electrons. The first-order chi connectivity index (χ1) is 17.1. The van der Waals surface area contributed by atoms with Crippen LogP contribution in [-0.4, -0.2) is 0 Å². The van der Waals surface area contributed by atoms with Gasteiger partial charge in [-0.15, -0.1) is 11.3 Å². The van der Waals surface area contributed by atoms with Gasteiger partial charge < -0.3 is 4.90 Å². The van der Waals surface area contributed by atoms with Crippen LogP contribution < -0.4 is 4.90 Å². The van der Waals surface area contributed by atoms with Crippen LogP contribution in [-0.2, 0) is 5.41 Å². The lowest BCUT2D eigenvalue weighted by atomic mass is 9.82. The van der Waals surface area contributed by atoms with Crippen LogP contribution in [0.2, 0.25) is 0 Å². The quantitative estimate of drug-likeness (QED) is 0.250. The predicted molar refractivity (Wildman–Crippen MR) is 152 cm³/mol. The fourth-order valence-electron chi connectivity index (χ4n) is 5.77. The van der Waals surface area contributed by atoms with E-state index >= 15 is 0 Å². The van der Waals surface area contributed by atoms with Gasteiger partial charge in [-0.25, -0.2) is 0 Å². The molecule has 0 amide bonds. The molecule has 1 aliphatic rings. The lowest BCUT2D eigenvalue weighted by Gasteiger charge is -2.28. The van der Waals surface area contributed by atoms with Crippen LogP contribution in [0.3, 0.4) is 0 Å². The molecule has 2 heteroatoms. The Hall–Kier alpha value is -3.88. The van der Waals surface area contributed by atoms with E-state index in [1.807, 2.05) is 11.3 Å². The van der Waals surface area contributed by atoms with Crippen LogP contribution >= 0.6 is 11.3 Å². The second-order valence-corrected chi connectivity index (χ2v) is 10.9. The summed E-state index contributed by atoms with van der Waals surface area (Å²) in [5, 5.41) is 2.78. The fourth-order valence-corrected chi connectivity index (χ4v) is 6.88. The summed E-state index contributed by atoms with van der Waals surface area (Å²) in [7, 11) is 0. The first-order valence-electron chi connectivity index (χ1n) is 12.1. The Bertz CT molecular complexity index is 1670. The van der Waals surface area contributed by atoms with Gasteiger partial charge in [-0.3, -0.25) is 0 Å². The van der Waals surface area contributed by atoms with Crippen LogP contribution in [0.15, 0.2) is 115 Å². The lowest BCUT2D eigenvalue weighted by molar-refractivity contribution is 0.661. The average Bonchev–Trinajstić information content (AvgIpc) is 3.38. The van der Waals surface area contributed by atoms with Gasteiger partial charge in [0, 0.05) is 42.6 Å². The molecule has 6 aromatic rings. The number of nitrogens with zero attached hydrogens (tertiary/aromatic N) is 1. The van der Waals surface area contributed by atoms with Gasteiger partial charge in [-0.2, -0.15) is 0 Å². The third kappa shape index (κ3) is 3.00. The van der Waals surface area contributed by atoms with E-state index in [2.05, 4.69) is 134 Å². The first kappa shape index (κ1) is 20.5. The molecule has 0 saturated carbocycles. The molecule has 35 heavy (non-hydrogen) atoms. The third-order valence-electron chi connectivity index (χ3n) is 7.45. The Labute approximate surface area is 209 Å². The summed E-state index contributed by atoms with van der Waals surface area (Å²) in [5.41, 5.74) is 9.04. The largest absolute Gasteiger partial charge is 0.310 e. The number of rotatable bonds is 3. The maximum absolute atomic E-state index is 2.41. The van der Waals surface area contributed by atoms with E-state index in [4.69, 9.17) is 0 Å². The Morgan fingerprint density at radius 2 is 1.23 bits per heavy atom. The minimum atomic E-state index is -0.0725. The topological polar surface area (TPSA) is 3.24 Å². The molecule has 1 aliphatic carbocycles. The highest BCUT2D eigenvalue weighted by molar-refractivity contribution is 7.25. The summed E-state index contributed by atoms with van der Waals surface area (Å²) in [4.78, 5) is 2.36. The zero-order valence-corrected chi connectivity index (χ0v) is 20.6. The van der Waals surface area contributed by atoms with Crippen LogP contribution in [0.25, 0.3) is 31.3 Å². The van der Waals surface area contributed by atoms with E-state index in [1.54, 1.807) is 0 Å². The van der Waals surface area contributed by atoms with Gasteiger partial charge in [0.15, 0.2) is 0 Å². The molecule has 0 unspecified atom stereocenters. The normalized spacial score (nSPS) is 13.7. The van der Waals surface area contributed by atoms with Gasteiger partial charge in [0.05, 0.1) is 0 Å². The van der Waals surface area contributed by atoms with Crippen molar-refractivity contribution < 1.29 is 0 Å². The van der Waals surface area contributed by atoms with E-state index in [9.17, 15) is 0 Å². The summed E-state index contributed by atoms with van der Waals surface area (Å²) < 4.78 is 2.73. The highest BCUT2D eigenvalue weighted by Gasteiger charge is 2.37. The molecular formula is C33H25NS. The fraction of sp³-hybridized carbons (Fsp3) is 0.0909. The molecule has 7 rings (SSSR count). The number of hydrogen-bond acceptors (Lipinski definition) is 2. The second-order valence-electron chi connectivity index (χ2n) is 9.82. The van der Waals surface area contributed by atoms with Gasteiger partial charge in [-0.05, 0) is 70.8 Å². The Balaban J connectivity index is 1.48. The number of thiophene rings is 1. The summed E-state index contributed by atoms with van der Waals surface area (Å²) >= 11 is 1.90. The number of benzene rings is 5. The molecule has 0 bridgehead atoms. The maximum atomic E-state index is 2.41. The van der Waals surface area contributed by atoms with E-state index in [-0.39, 0.29) is 5.41 Å². The SMILES string of the molecule is CC1(C)c2cc(N(c3ccccc3)c3ccccc3)ccc2-c2c1ccc1sc3ccccc3c21. The van der Waals surface area contributed by atoms with Crippen LogP contribution in [0.1, 0.15) is 25.0 Å². The van der Waals surface area contributed by atoms with Crippen molar-refractivity contribution in [3.8, 4) is 11.1 Å². The van der Waals surface area contributed by atoms with E-state index in [1.165, 1.54) is 48.1 Å². The van der Waals surface area contributed by atoms with Gasteiger partial charge in [0.25, 0.3) is 0 Å². The van der Waals surface area contributed by atoms with Gasteiger partial charge in [0.1, 0.15) is 0 Å². The summed E-state index contributed by atoms with van der Waals surface area (Å²) in [6.45, 7) is 4.74. The Morgan fingerprint density at radius 1 is 0.571 bits per heavy atom. The van der Waals surface area contributed by atoms with E-state index < -0.39 is 0 Å². The molecule has 1 nitrogen and oxygen atoms in total. The van der Waals surface area contributed by atoms with Crippen molar-refractivity contribution in [2.45, 2.75) is 19.3 Å². The van der Waals surface area contributed by atoms with Crippen LogP contribution in [0.4, 0.5) is 17.1 Å². The molecule has 5 aromatic carbocycles. The van der Waals surface area contributed by atoms with Crippen molar-refractivity contribution in [3.05, 3.63) is 126 Å². The minimum absolute atomic E-state index is 0.0725. The van der Waals surface area contributed by atoms with E-state index in [0.29, 0.717) is 0 Å². The van der Waals surface area contributed by atoms with Crippen molar-refractivity contribution in [2.24, 2.45) is 0 Å².